The second-order valence-electron chi connectivity index (χ2n) is 8.36. The van der Waals surface area contributed by atoms with E-state index in [-0.39, 0.29) is 22.6 Å². The molecule has 1 amide bonds. The summed E-state index contributed by atoms with van der Waals surface area (Å²) >= 11 is 0. The Morgan fingerprint density at radius 2 is 1.88 bits per heavy atom. The van der Waals surface area contributed by atoms with Gasteiger partial charge < -0.3 is 15.0 Å². The van der Waals surface area contributed by atoms with Gasteiger partial charge in [-0.2, -0.15) is 0 Å². The minimum Gasteiger partial charge on any atom is -0.378 e. The Morgan fingerprint density at radius 3 is 2.56 bits per heavy atom. The number of hydrogen-bond donors (Lipinski definition) is 2. The number of benzene rings is 2. The Morgan fingerprint density at radius 1 is 1.16 bits per heavy atom. The molecule has 0 bridgehead atoms. The van der Waals surface area contributed by atoms with Crippen LogP contribution in [0.4, 0.5) is 11.4 Å². The Hall–Kier alpha value is -2.91. The van der Waals surface area contributed by atoms with Crippen LogP contribution in [-0.4, -0.2) is 52.5 Å². The lowest BCUT2D eigenvalue weighted by atomic mass is 10.0. The first kappa shape index (κ1) is 22.3. The summed E-state index contributed by atoms with van der Waals surface area (Å²) in [5, 5.41) is 2.97. The van der Waals surface area contributed by atoms with Gasteiger partial charge in [0.1, 0.15) is 11.9 Å². The van der Waals surface area contributed by atoms with E-state index in [2.05, 4.69) is 26.0 Å². The van der Waals surface area contributed by atoms with Gasteiger partial charge in [-0.1, -0.05) is 26.0 Å². The zero-order chi connectivity index (χ0) is 22.9. The number of carbonyl (C=O) groups is 1. The van der Waals surface area contributed by atoms with Crippen LogP contribution in [0.2, 0.25) is 0 Å². The predicted octanol–water partition coefficient (Wildman–Crippen LogP) is 2.53. The summed E-state index contributed by atoms with van der Waals surface area (Å²) in [6.45, 7) is 8.83. The van der Waals surface area contributed by atoms with Gasteiger partial charge in [-0.3, -0.25) is 14.5 Å². The zero-order valence-electron chi connectivity index (χ0n) is 18.5. The third-order valence-electron chi connectivity index (χ3n) is 5.68. The predicted molar refractivity (Wildman–Crippen MR) is 125 cm³/mol. The van der Waals surface area contributed by atoms with Crippen LogP contribution in [-0.2, 0) is 19.6 Å². The van der Waals surface area contributed by atoms with E-state index in [0.717, 1.165) is 24.3 Å². The van der Waals surface area contributed by atoms with Crippen LogP contribution < -0.4 is 14.9 Å². The summed E-state index contributed by atoms with van der Waals surface area (Å²) < 4.78 is 32.7. The zero-order valence-corrected chi connectivity index (χ0v) is 19.3. The average molecular weight is 457 g/mol. The Kier molecular flexibility index (Phi) is 6.21. The molecule has 170 valence electrons. The van der Waals surface area contributed by atoms with Crippen molar-refractivity contribution in [2.24, 2.45) is 10.9 Å². The number of hydrogen-bond acceptors (Lipinski definition) is 6. The van der Waals surface area contributed by atoms with Crippen LogP contribution in [0.25, 0.3) is 0 Å². The minimum atomic E-state index is -3.66. The molecule has 2 N–H and O–H groups in total. The molecule has 2 aromatic rings. The molecule has 0 aliphatic carbocycles. The highest BCUT2D eigenvalue weighted by Gasteiger charge is 2.32. The van der Waals surface area contributed by atoms with Crippen LogP contribution in [0.15, 0.2) is 52.4 Å². The number of sulfonamides is 1. The van der Waals surface area contributed by atoms with Crippen LogP contribution in [0.5, 0.6) is 0 Å². The van der Waals surface area contributed by atoms with Crippen molar-refractivity contribution in [3.63, 3.8) is 0 Å². The first-order chi connectivity index (χ1) is 15.3. The van der Waals surface area contributed by atoms with E-state index < -0.39 is 16.1 Å². The van der Waals surface area contributed by atoms with Crippen molar-refractivity contribution in [3.8, 4) is 0 Å². The summed E-state index contributed by atoms with van der Waals surface area (Å²) in [7, 11) is -3.66. The van der Waals surface area contributed by atoms with Crippen molar-refractivity contribution in [2.75, 3.05) is 36.5 Å². The molecule has 9 heteroatoms. The molecule has 0 unspecified atom stereocenters. The molecule has 1 fully saturated rings. The maximum Gasteiger partial charge on any atom is 0.263 e. The van der Waals surface area contributed by atoms with E-state index in [1.807, 2.05) is 32.9 Å². The third kappa shape index (κ3) is 4.49. The summed E-state index contributed by atoms with van der Waals surface area (Å²) in [5.41, 5.74) is 3.24. The molecule has 8 nitrogen and oxygen atoms in total. The molecule has 2 heterocycles. The molecule has 1 saturated heterocycles. The fourth-order valence-electron chi connectivity index (χ4n) is 3.89. The smallest absolute Gasteiger partial charge is 0.263 e. The molecule has 0 spiro atoms. The molecular formula is C23H28N4O4S. The minimum absolute atomic E-state index is 0.132. The van der Waals surface area contributed by atoms with Gasteiger partial charge in [-0.05, 0) is 48.7 Å². The van der Waals surface area contributed by atoms with E-state index in [1.54, 1.807) is 18.2 Å². The number of anilines is 2. The fourth-order valence-corrected chi connectivity index (χ4v) is 5.13. The van der Waals surface area contributed by atoms with Gasteiger partial charge in [0.05, 0.1) is 18.1 Å². The molecular weight excluding hydrogens is 428 g/mol. The summed E-state index contributed by atoms with van der Waals surface area (Å²) in [6.07, 6.45) is 0. The van der Waals surface area contributed by atoms with E-state index >= 15 is 0 Å². The number of amides is 1. The van der Waals surface area contributed by atoms with E-state index in [4.69, 9.17) is 4.74 Å². The van der Waals surface area contributed by atoms with Crippen molar-refractivity contribution >= 4 is 33.1 Å². The summed E-state index contributed by atoms with van der Waals surface area (Å²) in [6, 6.07) is 11.8. The fraction of sp³-hybridized carbons (Fsp3) is 0.391. The number of aryl methyl sites for hydroxylation is 1. The number of nitrogens with zero attached hydrogens (tertiary/aromatic N) is 2. The van der Waals surface area contributed by atoms with Gasteiger partial charge in [0.2, 0.25) is 5.91 Å². The normalized spacial score (nSPS) is 19.5. The lowest BCUT2D eigenvalue weighted by Gasteiger charge is -2.29. The standard InChI is InChI=1S/C23H28N4O4S/c1-15(2)21(25-22-18-6-4-5-7-20(18)32(29,30)26-22)23(28)24-19-9-8-17(14-16(19)3)27-10-12-31-13-11-27/h4-9,14-15,21H,10-13H2,1-3H3,(H,24,28)(H,25,26)/t21-/m0/s1. The van der Waals surface area contributed by atoms with Gasteiger partial charge in [-0.25, -0.2) is 8.42 Å². The monoisotopic (exact) mass is 456 g/mol. The first-order valence-electron chi connectivity index (χ1n) is 10.7. The number of nitrogens with one attached hydrogen (secondary N) is 2. The maximum absolute atomic E-state index is 13.1. The lowest BCUT2D eigenvalue weighted by Crippen LogP contribution is -2.36. The lowest BCUT2D eigenvalue weighted by molar-refractivity contribution is -0.118. The Labute approximate surface area is 188 Å². The molecule has 32 heavy (non-hydrogen) atoms. The van der Waals surface area contributed by atoms with E-state index in [9.17, 15) is 13.2 Å². The molecule has 1 atom stereocenters. The number of aliphatic imine (C=N–C) groups is 1. The van der Waals surface area contributed by atoms with Crippen molar-refractivity contribution in [1.29, 1.82) is 0 Å². The van der Waals surface area contributed by atoms with E-state index in [0.29, 0.717) is 24.5 Å². The van der Waals surface area contributed by atoms with Gasteiger partial charge in [0.15, 0.2) is 0 Å². The first-order valence-corrected chi connectivity index (χ1v) is 12.2. The van der Waals surface area contributed by atoms with E-state index in [1.165, 1.54) is 6.07 Å². The second-order valence-corrected chi connectivity index (χ2v) is 10.0. The average Bonchev–Trinajstić information content (AvgIpc) is 3.04. The van der Waals surface area contributed by atoms with Crippen LogP contribution in [0.3, 0.4) is 0 Å². The molecule has 2 aliphatic rings. The molecule has 0 aromatic heterocycles. The highest BCUT2D eigenvalue weighted by atomic mass is 32.2. The van der Waals surface area contributed by atoms with Crippen LogP contribution >= 0.6 is 0 Å². The van der Waals surface area contributed by atoms with Gasteiger partial charge >= 0.3 is 0 Å². The third-order valence-corrected chi connectivity index (χ3v) is 7.07. The van der Waals surface area contributed by atoms with Gasteiger partial charge in [-0.15, -0.1) is 0 Å². The second kappa shape index (κ2) is 8.91. The highest BCUT2D eigenvalue weighted by Crippen LogP contribution is 2.26. The molecule has 4 rings (SSSR count). The number of amidine groups is 1. The summed E-state index contributed by atoms with van der Waals surface area (Å²) in [5.74, 6) is -0.208. The number of morpholine rings is 1. The summed E-state index contributed by atoms with van der Waals surface area (Å²) in [4.78, 5) is 20.1. The number of rotatable bonds is 5. The maximum atomic E-state index is 13.1. The quantitative estimate of drug-likeness (QED) is 0.720. The van der Waals surface area contributed by atoms with Gasteiger partial charge in [0.25, 0.3) is 10.0 Å². The molecule has 0 saturated carbocycles. The number of fused-ring (bicyclic) bond motifs is 1. The molecule has 2 aliphatic heterocycles. The Balaban J connectivity index is 1.56. The largest absolute Gasteiger partial charge is 0.378 e. The number of carbonyl (C=O) groups excluding carboxylic acids is 1. The van der Waals surface area contributed by atoms with Crippen molar-refractivity contribution in [2.45, 2.75) is 31.7 Å². The van der Waals surface area contributed by atoms with Crippen molar-refractivity contribution < 1.29 is 17.9 Å². The topological polar surface area (TPSA) is 100 Å². The van der Waals surface area contributed by atoms with Crippen molar-refractivity contribution in [3.05, 3.63) is 53.6 Å². The highest BCUT2D eigenvalue weighted by molar-refractivity contribution is 7.90. The SMILES string of the molecule is Cc1cc(N2CCOCC2)ccc1NC(=O)[C@@H](N=C1NS(=O)(=O)c2ccccc21)C(C)C. The van der Waals surface area contributed by atoms with Crippen molar-refractivity contribution in [1.82, 2.24) is 4.72 Å². The number of ether oxygens (including phenoxy) is 1. The molecule has 0 radical (unpaired) electrons. The molecule has 2 aromatic carbocycles. The Bertz CT molecular complexity index is 1150. The van der Waals surface area contributed by atoms with Crippen LogP contribution in [0.1, 0.15) is 25.0 Å². The van der Waals surface area contributed by atoms with Gasteiger partial charge in [0, 0.05) is 30.0 Å². The van der Waals surface area contributed by atoms with Crippen LogP contribution in [0, 0.1) is 12.8 Å².